The lowest BCUT2D eigenvalue weighted by molar-refractivity contribution is -0.128. The Morgan fingerprint density at radius 3 is 2.65 bits per heavy atom. The predicted octanol–water partition coefficient (Wildman–Crippen LogP) is 2.49. The molecule has 0 radical (unpaired) electrons. The van der Waals surface area contributed by atoms with Gasteiger partial charge in [-0.05, 0) is 18.2 Å². The van der Waals surface area contributed by atoms with E-state index in [0.29, 0.717) is 17.3 Å². The van der Waals surface area contributed by atoms with Crippen LogP contribution in [-0.4, -0.2) is 42.9 Å². The number of rotatable bonds is 7. The highest BCUT2D eigenvalue weighted by molar-refractivity contribution is 6.33. The van der Waals surface area contributed by atoms with Crippen LogP contribution in [0.3, 0.4) is 0 Å². The van der Waals surface area contributed by atoms with Gasteiger partial charge in [-0.2, -0.15) is 0 Å². The zero-order valence-electron chi connectivity index (χ0n) is 13.1. The first-order valence-corrected chi connectivity index (χ1v) is 7.31. The number of nitrogens with zero attached hydrogens (tertiary/aromatic N) is 1. The van der Waals surface area contributed by atoms with Gasteiger partial charge in [-0.3, -0.25) is 9.59 Å². The Hall–Kier alpha value is -2.34. The van der Waals surface area contributed by atoms with Gasteiger partial charge >= 0.3 is 5.97 Å². The van der Waals surface area contributed by atoms with E-state index < -0.39 is 5.97 Å². The topological polar surface area (TPSA) is 75.7 Å². The largest absolute Gasteiger partial charge is 0.465 e. The van der Waals surface area contributed by atoms with Crippen molar-refractivity contribution in [3.05, 3.63) is 41.4 Å². The van der Waals surface area contributed by atoms with E-state index in [1.54, 1.807) is 6.08 Å². The third-order valence-electron chi connectivity index (χ3n) is 3.07. The van der Waals surface area contributed by atoms with Crippen LogP contribution < -0.4 is 5.32 Å². The predicted molar refractivity (Wildman–Crippen MR) is 88.5 cm³/mol. The molecule has 23 heavy (non-hydrogen) atoms. The van der Waals surface area contributed by atoms with Gasteiger partial charge in [-0.1, -0.05) is 17.7 Å². The van der Waals surface area contributed by atoms with Crippen molar-refractivity contribution in [2.24, 2.45) is 0 Å². The number of methoxy groups -OCH3 is 1. The first-order chi connectivity index (χ1) is 10.9. The smallest absolute Gasteiger partial charge is 0.337 e. The van der Waals surface area contributed by atoms with Gasteiger partial charge in [0.1, 0.15) is 0 Å². The maximum absolute atomic E-state index is 12.0. The summed E-state index contributed by atoms with van der Waals surface area (Å²) in [6.45, 7) is 5.64. The summed E-state index contributed by atoms with van der Waals surface area (Å²) < 4.78 is 4.62. The molecule has 0 spiro atoms. The molecule has 0 unspecified atom stereocenters. The third-order valence-corrected chi connectivity index (χ3v) is 3.39. The second-order valence-electron chi connectivity index (χ2n) is 4.74. The molecule has 7 heteroatoms. The number of carbonyl (C=O) groups is 3. The average molecular weight is 339 g/mol. The lowest BCUT2D eigenvalue weighted by Gasteiger charge is -2.18. The summed E-state index contributed by atoms with van der Waals surface area (Å²) in [4.78, 5) is 36.4. The minimum Gasteiger partial charge on any atom is -0.465 e. The van der Waals surface area contributed by atoms with Gasteiger partial charge in [0, 0.05) is 26.4 Å². The van der Waals surface area contributed by atoms with E-state index >= 15 is 0 Å². The zero-order valence-corrected chi connectivity index (χ0v) is 13.9. The summed E-state index contributed by atoms with van der Waals surface area (Å²) in [5.41, 5.74) is 0.599. The number of anilines is 1. The molecule has 1 aromatic rings. The summed E-state index contributed by atoms with van der Waals surface area (Å²) in [5.74, 6) is -0.974. The molecular formula is C16H19ClN2O4. The van der Waals surface area contributed by atoms with Crippen molar-refractivity contribution in [1.82, 2.24) is 4.90 Å². The van der Waals surface area contributed by atoms with Gasteiger partial charge < -0.3 is 15.0 Å². The van der Waals surface area contributed by atoms with Crippen LogP contribution in [-0.2, 0) is 14.3 Å². The number of esters is 1. The molecule has 0 aliphatic carbocycles. The van der Waals surface area contributed by atoms with Crippen LogP contribution in [0.4, 0.5) is 5.69 Å². The van der Waals surface area contributed by atoms with Crippen molar-refractivity contribution in [1.29, 1.82) is 0 Å². The Morgan fingerprint density at radius 2 is 2.09 bits per heavy atom. The molecule has 1 aromatic carbocycles. The van der Waals surface area contributed by atoms with Crippen LogP contribution in [0, 0.1) is 0 Å². The molecule has 2 amide bonds. The summed E-state index contributed by atoms with van der Waals surface area (Å²) in [5, 5.41) is 2.93. The second kappa shape index (κ2) is 8.95. The number of amides is 2. The molecule has 0 heterocycles. The molecule has 0 atom stereocenters. The average Bonchev–Trinajstić information content (AvgIpc) is 2.52. The fourth-order valence-electron chi connectivity index (χ4n) is 1.85. The molecule has 0 fully saturated rings. The van der Waals surface area contributed by atoms with E-state index in [1.165, 1.54) is 37.1 Å². The maximum atomic E-state index is 12.0. The van der Waals surface area contributed by atoms with Gasteiger partial charge in [0.15, 0.2) is 0 Å². The second-order valence-corrected chi connectivity index (χ2v) is 5.15. The Bertz CT molecular complexity index is 616. The first-order valence-electron chi connectivity index (χ1n) is 6.93. The van der Waals surface area contributed by atoms with Gasteiger partial charge in [0.2, 0.25) is 11.8 Å². The minimum atomic E-state index is -0.522. The van der Waals surface area contributed by atoms with E-state index in [2.05, 4.69) is 16.6 Å². The molecule has 124 valence electrons. The highest BCUT2D eigenvalue weighted by Crippen LogP contribution is 2.23. The fraction of sp³-hybridized carbons (Fsp3) is 0.312. The summed E-state index contributed by atoms with van der Waals surface area (Å²) in [6.07, 6.45) is 1.70. The number of nitrogens with one attached hydrogen (secondary N) is 1. The maximum Gasteiger partial charge on any atom is 0.337 e. The summed E-state index contributed by atoms with van der Waals surface area (Å²) in [7, 11) is 1.27. The number of carbonyl (C=O) groups excluding carboxylic acids is 3. The van der Waals surface area contributed by atoms with E-state index in [0.717, 1.165) is 0 Å². The highest BCUT2D eigenvalue weighted by atomic mass is 35.5. The van der Waals surface area contributed by atoms with Crippen molar-refractivity contribution in [2.75, 3.05) is 25.5 Å². The van der Waals surface area contributed by atoms with Gasteiger partial charge in [-0.25, -0.2) is 4.79 Å². The molecule has 0 saturated heterocycles. The molecule has 1 N–H and O–H groups in total. The van der Waals surface area contributed by atoms with E-state index in [4.69, 9.17) is 11.6 Å². The monoisotopic (exact) mass is 338 g/mol. The van der Waals surface area contributed by atoms with Gasteiger partial charge in [0.25, 0.3) is 0 Å². The fourth-order valence-corrected chi connectivity index (χ4v) is 2.01. The SMILES string of the molecule is C=CCN(CCC(=O)Nc1cc(C(=O)OC)ccc1Cl)C(C)=O. The molecule has 0 aliphatic rings. The molecule has 0 saturated carbocycles. The molecule has 1 rings (SSSR count). The zero-order chi connectivity index (χ0) is 17.4. The van der Waals surface area contributed by atoms with Crippen LogP contribution >= 0.6 is 11.6 Å². The van der Waals surface area contributed by atoms with E-state index in [1.807, 2.05) is 0 Å². The van der Waals surface area contributed by atoms with Gasteiger partial charge in [-0.15, -0.1) is 6.58 Å². The van der Waals surface area contributed by atoms with E-state index in [9.17, 15) is 14.4 Å². The Kier molecular flexibility index (Phi) is 7.28. The Labute approximate surface area is 140 Å². The lowest BCUT2D eigenvalue weighted by atomic mass is 10.2. The van der Waals surface area contributed by atoms with Crippen molar-refractivity contribution in [2.45, 2.75) is 13.3 Å². The van der Waals surface area contributed by atoms with Crippen molar-refractivity contribution >= 4 is 35.1 Å². The van der Waals surface area contributed by atoms with Crippen LogP contribution in [0.15, 0.2) is 30.9 Å². The lowest BCUT2D eigenvalue weighted by Crippen LogP contribution is -2.32. The molecule has 6 nitrogen and oxygen atoms in total. The van der Waals surface area contributed by atoms with Crippen LogP contribution in [0.5, 0.6) is 0 Å². The Morgan fingerprint density at radius 1 is 1.39 bits per heavy atom. The standard InChI is InChI=1S/C16H19ClN2O4/c1-4-8-19(11(2)20)9-7-15(21)18-14-10-12(16(22)23-3)5-6-13(14)17/h4-6,10H,1,7-9H2,2-3H3,(H,18,21). The first kappa shape index (κ1) is 18.7. The number of hydrogen-bond acceptors (Lipinski definition) is 4. The molecular weight excluding hydrogens is 320 g/mol. The number of hydrogen-bond donors (Lipinski definition) is 1. The normalized spacial score (nSPS) is 9.87. The number of benzene rings is 1. The van der Waals surface area contributed by atoms with Crippen LogP contribution in [0.2, 0.25) is 5.02 Å². The van der Waals surface area contributed by atoms with Crippen LogP contribution in [0.1, 0.15) is 23.7 Å². The van der Waals surface area contributed by atoms with Crippen molar-refractivity contribution in [3.63, 3.8) is 0 Å². The molecule has 0 aliphatic heterocycles. The summed E-state index contributed by atoms with van der Waals surface area (Å²) in [6, 6.07) is 4.45. The van der Waals surface area contributed by atoms with Crippen molar-refractivity contribution < 1.29 is 19.1 Å². The molecule has 0 bridgehead atoms. The molecule has 0 aromatic heterocycles. The highest BCUT2D eigenvalue weighted by Gasteiger charge is 2.13. The number of ether oxygens (including phenoxy) is 1. The summed E-state index contributed by atoms with van der Waals surface area (Å²) >= 11 is 6.01. The Balaban J connectivity index is 2.71. The minimum absolute atomic E-state index is 0.103. The number of halogens is 1. The van der Waals surface area contributed by atoms with Crippen LogP contribution in [0.25, 0.3) is 0 Å². The quantitative estimate of drug-likeness (QED) is 0.612. The third kappa shape index (κ3) is 5.75. The van der Waals surface area contributed by atoms with Gasteiger partial charge in [0.05, 0.1) is 23.4 Å². The van der Waals surface area contributed by atoms with E-state index in [-0.39, 0.29) is 30.3 Å². The van der Waals surface area contributed by atoms with Crippen molar-refractivity contribution in [3.8, 4) is 0 Å².